The Balaban J connectivity index is 2.16. The molecule has 0 radical (unpaired) electrons. The van der Waals surface area contributed by atoms with Crippen LogP contribution in [0.5, 0.6) is 5.75 Å². The number of carbonyl (C=O) groups excluding carboxylic acids is 1. The molecule has 7 nitrogen and oxygen atoms in total. The minimum Gasteiger partial charge on any atom is -0.502 e. The van der Waals surface area contributed by atoms with Crippen molar-refractivity contribution in [1.29, 1.82) is 0 Å². The highest BCUT2D eigenvalue weighted by Crippen LogP contribution is 2.19. The van der Waals surface area contributed by atoms with Gasteiger partial charge in [-0.05, 0) is 6.07 Å². The lowest BCUT2D eigenvalue weighted by atomic mass is 10.2. The molecule has 2 N–H and O–H groups in total. The number of amides is 1. The zero-order valence-corrected chi connectivity index (χ0v) is 14.2. The van der Waals surface area contributed by atoms with Gasteiger partial charge in [-0.2, -0.15) is 0 Å². The van der Waals surface area contributed by atoms with Crippen molar-refractivity contribution in [2.45, 2.75) is 13.5 Å². The van der Waals surface area contributed by atoms with Gasteiger partial charge in [0.05, 0.1) is 11.6 Å². The third-order valence-corrected chi connectivity index (χ3v) is 4.06. The summed E-state index contributed by atoms with van der Waals surface area (Å²) in [7, 11) is 0. The van der Waals surface area contributed by atoms with Gasteiger partial charge in [0, 0.05) is 31.1 Å². The Hall–Kier alpha value is -3.13. The zero-order chi connectivity index (χ0) is 19.0. The van der Waals surface area contributed by atoms with Crippen molar-refractivity contribution in [3.05, 3.63) is 73.8 Å². The second-order valence-corrected chi connectivity index (χ2v) is 6.01. The number of hydrogen-bond acceptors (Lipinski definition) is 4. The van der Waals surface area contributed by atoms with Crippen LogP contribution in [0.25, 0.3) is 5.52 Å². The predicted octanol–water partition coefficient (Wildman–Crippen LogP) is 1.97. The van der Waals surface area contributed by atoms with Crippen LogP contribution in [-0.4, -0.2) is 20.0 Å². The lowest BCUT2D eigenvalue weighted by molar-refractivity contribution is -0.114. The molecule has 9 heteroatoms. The minimum absolute atomic E-state index is 0.0737. The van der Waals surface area contributed by atoms with E-state index in [2.05, 4.69) is 5.32 Å². The largest absolute Gasteiger partial charge is 0.502 e. The molecule has 0 atom stereocenters. The third kappa shape index (κ3) is 3.06. The summed E-state index contributed by atoms with van der Waals surface area (Å²) in [6, 6.07) is 4.41. The summed E-state index contributed by atoms with van der Waals surface area (Å²) in [5.74, 6) is -1.95. The van der Waals surface area contributed by atoms with Gasteiger partial charge in [0.1, 0.15) is 11.5 Å². The van der Waals surface area contributed by atoms with E-state index in [-0.39, 0.29) is 28.3 Å². The first kappa shape index (κ1) is 17.7. The Morgan fingerprint density at radius 2 is 2.04 bits per heavy atom. The number of aromatic hydroxyl groups is 1. The number of carbonyl (C=O) groups is 1. The maximum Gasteiger partial charge on any atom is 0.279 e. The second kappa shape index (κ2) is 6.64. The van der Waals surface area contributed by atoms with Gasteiger partial charge in [0.15, 0.2) is 11.3 Å². The molecule has 0 saturated carbocycles. The van der Waals surface area contributed by atoms with Gasteiger partial charge in [-0.1, -0.05) is 23.7 Å². The van der Waals surface area contributed by atoms with Crippen LogP contribution in [0.3, 0.4) is 0 Å². The van der Waals surface area contributed by atoms with E-state index in [1.165, 1.54) is 42.0 Å². The number of nitrogens with zero attached hydrogens (tertiary/aromatic N) is 2. The molecule has 0 saturated heterocycles. The quantitative estimate of drug-likeness (QED) is 0.729. The van der Waals surface area contributed by atoms with Gasteiger partial charge in [0.25, 0.3) is 5.56 Å². The highest BCUT2D eigenvalue weighted by Gasteiger charge is 2.16. The summed E-state index contributed by atoms with van der Waals surface area (Å²) >= 11 is 5.74. The maximum absolute atomic E-state index is 14.1. The molecule has 3 aromatic rings. The summed E-state index contributed by atoms with van der Waals surface area (Å²) in [4.78, 5) is 35.9. The van der Waals surface area contributed by atoms with Crippen LogP contribution in [0.15, 0.2) is 46.4 Å². The topological polar surface area (TPSA) is 92.8 Å². The molecule has 26 heavy (non-hydrogen) atoms. The zero-order valence-electron chi connectivity index (χ0n) is 13.5. The summed E-state index contributed by atoms with van der Waals surface area (Å²) < 4.78 is 16.4. The highest BCUT2D eigenvalue weighted by molar-refractivity contribution is 6.30. The first-order valence-electron chi connectivity index (χ1n) is 7.47. The van der Waals surface area contributed by atoms with Gasteiger partial charge >= 0.3 is 0 Å². The molecular weight excluding hydrogens is 365 g/mol. The first-order chi connectivity index (χ1) is 12.3. The van der Waals surface area contributed by atoms with Crippen molar-refractivity contribution in [2.75, 3.05) is 5.32 Å². The van der Waals surface area contributed by atoms with E-state index in [9.17, 15) is 23.9 Å². The van der Waals surface area contributed by atoms with E-state index in [1.54, 1.807) is 6.07 Å². The second-order valence-electron chi connectivity index (χ2n) is 5.60. The number of halogens is 2. The van der Waals surface area contributed by atoms with Crippen molar-refractivity contribution in [3.63, 3.8) is 0 Å². The molecule has 0 spiro atoms. The Bertz CT molecular complexity index is 1150. The van der Waals surface area contributed by atoms with Crippen molar-refractivity contribution in [3.8, 4) is 5.75 Å². The maximum atomic E-state index is 14.1. The molecule has 0 fully saturated rings. The van der Waals surface area contributed by atoms with E-state index in [4.69, 9.17) is 11.6 Å². The molecule has 3 rings (SSSR count). The van der Waals surface area contributed by atoms with Crippen LogP contribution in [-0.2, 0) is 11.3 Å². The number of anilines is 1. The fraction of sp³-hybridized carbons (Fsp3) is 0.118. The normalized spacial score (nSPS) is 10.9. The molecular formula is C17H13ClFN3O4. The highest BCUT2D eigenvalue weighted by atomic mass is 35.5. The number of rotatable bonds is 3. The Labute approximate surface area is 150 Å². The van der Waals surface area contributed by atoms with Crippen LogP contribution in [0.2, 0.25) is 5.02 Å². The molecule has 0 bridgehead atoms. The summed E-state index contributed by atoms with van der Waals surface area (Å²) in [5, 5.41) is 12.3. The average molecular weight is 378 g/mol. The molecule has 0 aliphatic carbocycles. The van der Waals surface area contributed by atoms with Gasteiger partial charge < -0.3 is 19.4 Å². The van der Waals surface area contributed by atoms with Crippen molar-refractivity contribution in [1.82, 2.24) is 8.97 Å². The van der Waals surface area contributed by atoms with Gasteiger partial charge in [-0.25, -0.2) is 4.39 Å². The van der Waals surface area contributed by atoms with Crippen LogP contribution < -0.4 is 16.3 Å². The van der Waals surface area contributed by atoms with Crippen LogP contribution in [0, 0.1) is 5.82 Å². The van der Waals surface area contributed by atoms with E-state index < -0.39 is 28.5 Å². The number of hydrogen-bond donors (Lipinski definition) is 2. The Kier molecular flexibility index (Phi) is 4.52. The molecule has 0 aliphatic heterocycles. The summed E-state index contributed by atoms with van der Waals surface area (Å²) in [6.07, 6.45) is 4.01. The Morgan fingerprint density at radius 3 is 2.73 bits per heavy atom. The summed E-state index contributed by atoms with van der Waals surface area (Å²) in [5.41, 5.74) is -1.85. The molecule has 1 aromatic carbocycles. The van der Waals surface area contributed by atoms with E-state index in [0.717, 1.165) is 4.57 Å². The number of aromatic nitrogens is 2. The van der Waals surface area contributed by atoms with Gasteiger partial charge in [-0.3, -0.25) is 14.4 Å². The standard InChI is InChI=1S/C17H13ClFN3O4/c1-9(23)20-12-8-21-5-6-22(17(26)14(21)16(25)15(12)24)7-10-3-2-4-11(18)13(10)19/h2-6,8,25H,7H2,1H3,(H,20,23). The van der Waals surface area contributed by atoms with Crippen molar-refractivity contribution >= 4 is 28.7 Å². The molecule has 1 amide bonds. The number of benzene rings is 1. The Morgan fingerprint density at radius 1 is 1.31 bits per heavy atom. The molecule has 2 heterocycles. The predicted molar refractivity (Wildman–Crippen MR) is 94.4 cm³/mol. The van der Waals surface area contributed by atoms with Crippen LogP contribution in [0.4, 0.5) is 10.1 Å². The molecule has 2 aromatic heterocycles. The fourth-order valence-corrected chi connectivity index (χ4v) is 2.76. The van der Waals surface area contributed by atoms with Crippen LogP contribution in [0.1, 0.15) is 12.5 Å². The van der Waals surface area contributed by atoms with E-state index in [0.29, 0.717) is 0 Å². The SMILES string of the molecule is CC(=O)Nc1cn2ccn(Cc3cccc(Cl)c3F)c(=O)c2c(O)c1=O. The van der Waals surface area contributed by atoms with E-state index >= 15 is 0 Å². The smallest absolute Gasteiger partial charge is 0.279 e. The van der Waals surface area contributed by atoms with Crippen molar-refractivity contribution in [2.24, 2.45) is 0 Å². The first-order valence-corrected chi connectivity index (χ1v) is 7.85. The molecule has 134 valence electrons. The number of fused-ring (bicyclic) bond motifs is 1. The molecule has 0 aliphatic rings. The molecule has 0 unspecified atom stereocenters. The summed E-state index contributed by atoms with van der Waals surface area (Å²) in [6.45, 7) is 1.08. The monoisotopic (exact) mass is 377 g/mol. The van der Waals surface area contributed by atoms with Crippen LogP contribution >= 0.6 is 11.6 Å². The van der Waals surface area contributed by atoms with Gasteiger partial charge in [-0.15, -0.1) is 0 Å². The average Bonchev–Trinajstić information content (AvgIpc) is 2.58. The number of pyridine rings is 1. The fourth-order valence-electron chi connectivity index (χ4n) is 2.56. The van der Waals surface area contributed by atoms with E-state index in [1.807, 2.05) is 0 Å². The van der Waals surface area contributed by atoms with Gasteiger partial charge in [0.2, 0.25) is 11.3 Å². The third-order valence-electron chi connectivity index (χ3n) is 3.76. The number of nitrogens with one attached hydrogen (secondary N) is 1. The lowest BCUT2D eigenvalue weighted by Gasteiger charge is -2.12. The lowest BCUT2D eigenvalue weighted by Crippen LogP contribution is -2.26. The van der Waals surface area contributed by atoms with Crippen molar-refractivity contribution < 1.29 is 14.3 Å². The minimum atomic E-state index is -0.885.